The van der Waals surface area contributed by atoms with Crippen LogP contribution >= 0.6 is 0 Å². The zero-order chi connectivity index (χ0) is 17.0. The molecule has 23 heavy (non-hydrogen) atoms. The first-order chi connectivity index (χ1) is 10.8. The van der Waals surface area contributed by atoms with E-state index in [1.54, 1.807) is 4.90 Å². The lowest BCUT2D eigenvalue weighted by Crippen LogP contribution is -2.50. The van der Waals surface area contributed by atoms with Crippen LogP contribution < -0.4 is 5.73 Å². The molecule has 1 atom stereocenters. The van der Waals surface area contributed by atoms with Gasteiger partial charge in [-0.25, -0.2) is 12.8 Å². The van der Waals surface area contributed by atoms with Crippen molar-refractivity contribution in [2.24, 2.45) is 5.73 Å². The largest absolute Gasteiger partial charge is 0.340 e. The third-order valence-electron chi connectivity index (χ3n) is 3.86. The zero-order valence-corrected chi connectivity index (χ0v) is 13.9. The van der Waals surface area contributed by atoms with E-state index in [4.69, 9.17) is 5.73 Å². The minimum atomic E-state index is -3.64. The maximum atomic E-state index is 12.9. The molecule has 0 saturated carbocycles. The number of piperazine rings is 1. The van der Waals surface area contributed by atoms with Crippen LogP contribution in [0.25, 0.3) is 0 Å². The molecule has 2 N–H and O–H groups in total. The van der Waals surface area contributed by atoms with Gasteiger partial charge in [-0.3, -0.25) is 4.79 Å². The fourth-order valence-electron chi connectivity index (χ4n) is 2.44. The van der Waals surface area contributed by atoms with E-state index in [2.05, 4.69) is 0 Å². The second-order valence-electron chi connectivity index (χ2n) is 5.75. The quantitative estimate of drug-likeness (QED) is 0.857. The van der Waals surface area contributed by atoms with Crippen molar-refractivity contribution in [2.75, 3.05) is 26.2 Å². The minimum Gasteiger partial charge on any atom is -0.340 e. The van der Waals surface area contributed by atoms with Crippen LogP contribution in [0.3, 0.4) is 0 Å². The highest BCUT2D eigenvalue weighted by molar-refractivity contribution is 7.89. The van der Waals surface area contributed by atoms with Gasteiger partial charge in [0, 0.05) is 38.6 Å². The first-order valence-corrected chi connectivity index (χ1v) is 9.04. The third kappa shape index (κ3) is 4.49. The first-order valence-electron chi connectivity index (χ1n) is 7.60. The summed E-state index contributed by atoms with van der Waals surface area (Å²) in [5.41, 5.74) is 5.64. The molecule has 6 nitrogen and oxygen atoms in total. The van der Waals surface area contributed by atoms with E-state index in [9.17, 15) is 17.6 Å². The highest BCUT2D eigenvalue weighted by Crippen LogP contribution is 2.18. The lowest BCUT2D eigenvalue weighted by Gasteiger charge is -2.34. The Bertz CT molecular complexity index is 638. The van der Waals surface area contributed by atoms with Crippen LogP contribution in [0.15, 0.2) is 29.2 Å². The number of carbonyl (C=O) groups is 1. The summed E-state index contributed by atoms with van der Waals surface area (Å²) in [6.07, 6.45) is 0.995. The fourth-order valence-corrected chi connectivity index (χ4v) is 3.86. The van der Waals surface area contributed by atoms with E-state index in [0.717, 1.165) is 12.1 Å². The Morgan fingerprint density at radius 2 is 1.78 bits per heavy atom. The molecule has 1 aliphatic rings. The topological polar surface area (TPSA) is 83.7 Å². The summed E-state index contributed by atoms with van der Waals surface area (Å²) in [7, 11) is -3.64. The first kappa shape index (κ1) is 17.8. The number of carbonyl (C=O) groups excluding carboxylic acids is 1. The van der Waals surface area contributed by atoms with Crippen molar-refractivity contribution in [3.8, 4) is 0 Å². The van der Waals surface area contributed by atoms with Gasteiger partial charge in [0.05, 0.1) is 4.90 Å². The molecule has 1 unspecified atom stereocenters. The zero-order valence-electron chi connectivity index (χ0n) is 13.1. The maximum absolute atomic E-state index is 12.9. The molecule has 1 aliphatic heterocycles. The van der Waals surface area contributed by atoms with Crippen LogP contribution in [0.5, 0.6) is 0 Å². The number of hydrogen-bond donors (Lipinski definition) is 1. The van der Waals surface area contributed by atoms with Crippen molar-refractivity contribution in [1.29, 1.82) is 0 Å². The van der Waals surface area contributed by atoms with Gasteiger partial charge >= 0.3 is 0 Å². The number of benzene rings is 1. The Morgan fingerprint density at radius 3 is 2.30 bits per heavy atom. The van der Waals surface area contributed by atoms with Crippen LogP contribution in [0.4, 0.5) is 4.39 Å². The molecule has 0 spiro atoms. The maximum Gasteiger partial charge on any atom is 0.243 e. The summed E-state index contributed by atoms with van der Waals surface area (Å²) >= 11 is 0. The molecule has 1 saturated heterocycles. The highest BCUT2D eigenvalue weighted by Gasteiger charge is 2.29. The number of rotatable bonds is 5. The molecule has 0 aromatic heterocycles. The standard InChI is InChI=1S/C15H22FN3O3S/c1-12(17)2-7-15(20)18-8-10-19(11-9-18)23(21,22)14-5-3-13(16)4-6-14/h3-6,12H,2,7-11,17H2,1H3. The smallest absolute Gasteiger partial charge is 0.243 e. The van der Waals surface area contributed by atoms with E-state index in [1.807, 2.05) is 6.92 Å². The van der Waals surface area contributed by atoms with Crippen molar-refractivity contribution in [3.63, 3.8) is 0 Å². The molecule has 1 aromatic carbocycles. The molecule has 0 bridgehead atoms. The average Bonchev–Trinajstić information content (AvgIpc) is 2.53. The monoisotopic (exact) mass is 343 g/mol. The summed E-state index contributed by atoms with van der Waals surface area (Å²) in [6.45, 7) is 3.05. The molecule has 1 fully saturated rings. The van der Waals surface area contributed by atoms with Crippen LogP contribution in [-0.4, -0.2) is 55.8 Å². The molecule has 1 heterocycles. The molecule has 1 aromatic rings. The van der Waals surface area contributed by atoms with Gasteiger partial charge in [0.25, 0.3) is 0 Å². The lowest BCUT2D eigenvalue weighted by molar-refractivity contribution is -0.132. The van der Waals surface area contributed by atoms with Crippen LogP contribution in [0.2, 0.25) is 0 Å². The minimum absolute atomic E-state index is 0.00105. The molecule has 128 valence electrons. The van der Waals surface area contributed by atoms with E-state index in [0.29, 0.717) is 25.9 Å². The average molecular weight is 343 g/mol. The van der Waals surface area contributed by atoms with Crippen molar-refractivity contribution in [3.05, 3.63) is 30.1 Å². The number of amides is 1. The number of sulfonamides is 1. The molecule has 8 heteroatoms. The summed E-state index contributed by atoms with van der Waals surface area (Å²) in [4.78, 5) is 13.8. The Hall–Kier alpha value is -1.51. The van der Waals surface area contributed by atoms with Gasteiger partial charge in [0.2, 0.25) is 15.9 Å². The van der Waals surface area contributed by atoms with Gasteiger partial charge < -0.3 is 10.6 Å². The molecule has 0 aliphatic carbocycles. The number of nitrogens with two attached hydrogens (primary N) is 1. The summed E-state index contributed by atoms with van der Waals surface area (Å²) in [5.74, 6) is -0.477. The second-order valence-corrected chi connectivity index (χ2v) is 7.69. The third-order valence-corrected chi connectivity index (χ3v) is 5.77. The van der Waals surface area contributed by atoms with Gasteiger partial charge in [0.1, 0.15) is 5.82 Å². The van der Waals surface area contributed by atoms with Gasteiger partial charge in [0.15, 0.2) is 0 Å². The molecule has 1 amide bonds. The van der Waals surface area contributed by atoms with E-state index in [1.165, 1.54) is 16.4 Å². The molecule has 0 radical (unpaired) electrons. The van der Waals surface area contributed by atoms with Gasteiger partial charge in [-0.1, -0.05) is 0 Å². The van der Waals surface area contributed by atoms with Crippen molar-refractivity contribution >= 4 is 15.9 Å². The Labute approximate surface area is 136 Å². The highest BCUT2D eigenvalue weighted by atomic mass is 32.2. The molecule has 2 rings (SSSR count). The normalized spacial score (nSPS) is 18.0. The summed E-state index contributed by atoms with van der Waals surface area (Å²) in [5, 5.41) is 0. The van der Waals surface area contributed by atoms with E-state index < -0.39 is 15.8 Å². The van der Waals surface area contributed by atoms with Gasteiger partial charge in [-0.2, -0.15) is 4.31 Å². The van der Waals surface area contributed by atoms with Crippen molar-refractivity contribution in [2.45, 2.75) is 30.7 Å². The van der Waals surface area contributed by atoms with Crippen molar-refractivity contribution in [1.82, 2.24) is 9.21 Å². The predicted octanol–water partition coefficient (Wildman–Crippen LogP) is 0.786. The Kier molecular flexibility index (Phi) is 5.72. The van der Waals surface area contributed by atoms with Crippen molar-refractivity contribution < 1.29 is 17.6 Å². The molecular weight excluding hydrogens is 321 g/mol. The number of hydrogen-bond acceptors (Lipinski definition) is 4. The van der Waals surface area contributed by atoms with E-state index in [-0.39, 0.29) is 29.9 Å². The van der Waals surface area contributed by atoms with Gasteiger partial charge in [-0.15, -0.1) is 0 Å². The van der Waals surface area contributed by atoms with Crippen LogP contribution in [0, 0.1) is 5.82 Å². The van der Waals surface area contributed by atoms with Crippen LogP contribution in [-0.2, 0) is 14.8 Å². The van der Waals surface area contributed by atoms with Crippen LogP contribution in [0.1, 0.15) is 19.8 Å². The molecular formula is C15H22FN3O3S. The van der Waals surface area contributed by atoms with E-state index >= 15 is 0 Å². The Balaban J connectivity index is 1.95. The van der Waals surface area contributed by atoms with Gasteiger partial charge in [-0.05, 0) is 37.6 Å². The second kappa shape index (κ2) is 7.37. The lowest BCUT2D eigenvalue weighted by atomic mass is 10.2. The predicted molar refractivity (Wildman–Crippen MR) is 84.6 cm³/mol. The summed E-state index contributed by atoms with van der Waals surface area (Å²) < 4.78 is 39.2. The number of nitrogens with zero attached hydrogens (tertiary/aromatic N) is 2. The number of halogens is 1. The fraction of sp³-hybridized carbons (Fsp3) is 0.533. The SMILES string of the molecule is CC(N)CCC(=O)N1CCN(S(=O)(=O)c2ccc(F)cc2)CC1. The Morgan fingerprint density at radius 1 is 1.22 bits per heavy atom. The summed E-state index contributed by atoms with van der Waals surface area (Å²) in [6, 6.07) is 4.73.